The minimum absolute atomic E-state index is 0.182. The standard InChI is InChI=1S/C71H63N3O8S2/c1-7-9-11-19-25-43(26-20-12-10-8-2)72-64(75)50-35-31-46-48-33-37-52-59-53(38-34-49(57(48)59)47-32-36-51(65(72)76)58(50)56(46)47)67(78)73(66(52)77)44-27-29-45(30-28-44)74-68(79)60(54-39(3)62(83-70(54)81-5)41-21-15-13-16-22-41)61(69(74)80)55-40(4)63(84-71(55)82-6)42-23-17-14-18-24-42/h13-18,21-24,27-38,43,60-61H,7-12,19-20,25-26H2,1-6H3. The Morgan fingerprint density at radius 3 is 1.17 bits per heavy atom. The van der Waals surface area contributed by atoms with Crippen LogP contribution in [0.25, 0.3) is 64.0 Å². The largest absolute Gasteiger partial charge is 0.487 e. The zero-order valence-electron chi connectivity index (χ0n) is 47.9. The molecule has 2 atom stereocenters. The highest BCUT2D eigenvalue weighted by molar-refractivity contribution is 7.18. The number of methoxy groups -OCH3 is 2. The van der Waals surface area contributed by atoms with Gasteiger partial charge < -0.3 is 9.47 Å². The first kappa shape index (κ1) is 54.7. The number of hydrogen-bond donors (Lipinski definition) is 0. The summed E-state index contributed by atoms with van der Waals surface area (Å²) in [6.45, 7) is 8.31. The summed E-state index contributed by atoms with van der Waals surface area (Å²) in [6.07, 6.45) is 10.1. The molecule has 0 bridgehead atoms. The van der Waals surface area contributed by atoms with Crippen LogP contribution in [-0.2, 0) is 9.59 Å². The lowest BCUT2D eigenvalue weighted by Crippen LogP contribution is -2.47. The van der Waals surface area contributed by atoms with Crippen LogP contribution in [0.2, 0.25) is 0 Å². The van der Waals surface area contributed by atoms with Crippen molar-refractivity contribution in [2.75, 3.05) is 24.0 Å². The van der Waals surface area contributed by atoms with Gasteiger partial charge in [0.25, 0.3) is 23.6 Å². The van der Waals surface area contributed by atoms with Crippen molar-refractivity contribution in [3.63, 3.8) is 0 Å². The average Bonchev–Trinajstić information content (AvgIpc) is 2.29. The van der Waals surface area contributed by atoms with Crippen molar-refractivity contribution in [3.8, 4) is 31.0 Å². The first-order valence-corrected chi connectivity index (χ1v) is 31.0. The smallest absolute Gasteiger partial charge is 0.265 e. The normalized spacial score (nSPS) is 16.2. The zero-order chi connectivity index (χ0) is 58.2. The molecule has 3 aliphatic rings. The van der Waals surface area contributed by atoms with E-state index in [0.29, 0.717) is 54.3 Å². The van der Waals surface area contributed by atoms with Gasteiger partial charge in [-0.15, -0.1) is 0 Å². The number of nitrogens with zero attached hydrogens (tertiary/aromatic N) is 3. The van der Waals surface area contributed by atoms with E-state index in [1.54, 1.807) is 55.5 Å². The van der Waals surface area contributed by atoms with Gasteiger partial charge in [-0.2, -0.15) is 0 Å². The summed E-state index contributed by atoms with van der Waals surface area (Å²) in [7, 11) is 3.17. The number of imide groups is 3. The second kappa shape index (κ2) is 21.9. The van der Waals surface area contributed by atoms with E-state index in [0.717, 1.165) is 133 Å². The lowest BCUT2D eigenvalue weighted by molar-refractivity contribution is -0.121. The molecule has 84 heavy (non-hydrogen) atoms. The Kier molecular flexibility index (Phi) is 14.3. The van der Waals surface area contributed by atoms with E-state index in [9.17, 15) is 19.2 Å². The first-order chi connectivity index (χ1) is 40.9. The molecule has 3 aliphatic heterocycles. The van der Waals surface area contributed by atoms with Crippen molar-refractivity contribution in [1.29, 1.82) is 0 Å². The van der Waals surface area contributed by atoms with E-state index in [-0.39, 0.29) is 29.2 Å². The van der Waals surface area contributed by atoms with E-state index in [1.165, 1.54) is 27.6 Å². The Labute approximate surface area is 495 Å². The van der Waals surface area contributed by atoms with Crippen molar-refractivity contribution in [3.05, 3.63) is 178 Å². The number of carbonyl (C=O) groups excluding carboxylic acids is 6. The summed E-state index contributed by atoms with van der Waals surface area (Å²) < 4.78 is 12.2. The maximum Gasteiger partial charge on any atom is 0.265 e. The van der Waals surface area contributed by atoms with Gasteiger partial charge in [0.05, 0.1) is 37.4 Å². The molecule has 13 heteroatoms. The van der Waals surface area contributed by atoms with Gasteiger partial charge in [-0.3, -0.25) is 33.7 Å². The lowest BCUT2D eigenvalue weighted by atomic mass is 9.81. The minimum Gasteiger partial charge on any atom is -0.487 e. The van der Waals surface area contributed by atoms with Crippen molar-refractivity contribution in [2.45, 2.75) is 110 Å². The third kappa shape index (κ3) is 8.47. The lowest BCUT2D eigenvalue weighted by Gasteiger charge is -2.35. The highest BCUT2D eigenvalue weighted by Crippen LogP contribution is 2.57. The molecule has 6 amide bonds. The van der Waals surface area contributed by atoms with E-state index >= 15 is 9.59 Å². The number of rotatable bonds is 19. The Hall–Kier alpha value is -8.52. The monoisotopic (exact) mass is 1150 g/mol. The number of unbranched alkanes of at least 4 members (excludes halogenated alkanes) is 6. The molecule has 0 aliphatic carbocycles. The summed E-state index contributed by atoms with van der Waals surface area (Å²) in [5.41, 5.74) is 7.12. The van der Waals surface area contributed by atoms with Crippen LogP contribution in [0, 0.1) is 13.8 Å². The number of thiophene rings is 2. The maximum atomic E-state index is 15.5. The molecule has 13 rings (SSSR count). The third-order valence-corrected chi connectivity index (χ3v) is 20.5. The first-order valence-electron chi connectivity index (χ1n) is 29.3. The minimum atomic E-state index is -1.00. The molecule has 5 heterocycles. The summed E-state index contributed by atoms with van der Waals surface area (Å²) in [5.74, 6) is -4.44. The van der Waals surface area contributed by atoms with Gasteiger partial charge in [0, 0.05) is 59.9 Å². The molecular formula is C71H63N3O8S2. The zero-order valence-corrected chi connectivity index (χ0v) is 49.6. The molecule has 422 valence electrons. The summed E-state index contributed by atoms with van der Waals surface area (Å²) >= 11 is 2.87. The van der Waals surface area contributed by atoms with Gasteiger partial charge in [-0.05, 0) is 130 Å². The van der Waals surface area contributed by atoms with Gasteiger partial charge in [-0.1, -0.05) is 173 Å². The van der Waals surface area contributed by atoms with Crippen LogP contribution >= 0.6 is 22.7 Å². The van der Waals surface area contributed by atoms with E-state index < -0.39 is 35.5 Å². The van der Waals surface area contributed by atoms with Gasteiger partial charge in [0.15, 0.2) is 10.1 Å². The number of anilines is 2. The van der Waals surface area contributed by atoms with Crippen LogP contribution < -0.4 is 19.3 Å². The second-order valence-electron chi connectivity index (χ2n) is 22.6. The van der Waals surface area contributed by atoms with Gasteiger partial charge >= 0.3 is 0 Å². The average molecular weight is 1150 g/mol. The van der Waals surface area contributed by atoms with Crippen molar-refractivity contribution in [1.82, 2.24) is 4.90 Å². The molecule has 2 unspecified atom stereocenters. The van der Waals surface area contributed by atoms with Crippen molar-refractivity contribution >= 4 is 113 Å². The Balaban J connectivity index is 0.856. The predicted molar refractivity (Wildman–Crippen MR) is 337 cm³/mol. The van der Waals surface area contributed by atoms with Crippen LogP contribution in [-0.4, -0.2) is 60.6 Å². The van der Waals surface area contributed by atoms with Gasteiger partial charge in [0.1, 0.15) is 0 Å². The maximum absolute atomic E-state index is 15.5. The molecule has 1 saturated heterocycles. The molecular weight excluding hydrogens is 1090 g/mol. The Bertz CT molecular complexity index is 4090. The van der Waals surface area contributed by atoms with E-state index in [4.69, 9.17) is 9.47 Å². The van der Waals surface area contributed by atoms with E-state index in [1.807, 2.05) is 111 Å². The van der Waals surface area contributed by atoms with Crippen molar-refractivity contribution in [2.24, 2.45) is 0 Å². The van der Waals surface area contributed by atoms with Crippen LogP contribution in [0.15, 0.2) is 133 Å². The third-order valence-electron chi connectivity index (χ3n) is 17.9. The summed E-state index contributed by atoms with van der Waals surface area (Å²) in [4.78, 5) is 96.2. The highest BCUT2D eigenvalue weighted by Gasteiger charge is 2.54. The van der Waals surface area contributed by atoms with E-state index in [2.05, 4.69) is 13.8 Å². The number of benzene rings is 8. The molecule has 2 aromatic heterocycles. The molecule has 0 N–H and O–H groups in total. The number of hydrogen-bond acceptors (Lipinski definition) is 10. The van der Waals surface area contributed by atoms with Crippen LogP contribution in [0.5, 0.6) is 10.1 Å². The van der Waals surface area contributed by atoms with Gasteiger partial charge in [-0.25, -0.2) is 9.80 Å². The number of carbonyl (C=O) groups is 6. The molecule has 10 aromatic rings. The highest BCUT2D eigenvalue weighted by atomic mass is 32.1. The predicted octanol–water partition coefficient (Wildman–Crippen LogP) is 17.0. The molecule has 0 spiro atoms. The topological polar surface area (TPSA) is 131 Å². The summed E-state index contributed by atoms with van der Waals surface area (Å²) in [6, 6.07) is 41.1. The van der Waals surface area contributed by atoms with Crippen LogP contribution in [0.1, 0.15) is 154 Å². The summed E-state index contributed by atoms with van der Waals surface area (Å²) in [5, 5.41) is 7.09. The Morgan fingerprint density at radius 2 is 0.798 bits per heavy atom. The SMILES string of the molecule is CCCCCCC(CCCCCC)N1C(=O)c2ccc3c4ccc5c6c(ccc(c7ccc(c2c37)C1=O)c64)C(=O)N(c1ccc(N2C(=O)C(c3c(OC)sc(-c4ccccc4)c3C)C(c3c(OC)sc(-c4ccccc4)c3C)C2=O)cc1)C5=O. The van der Waals surface area contributed by atoms with Crippen LogP contribution in [0.3, 0.4) is 0 Å². The van der Waals surface area contributed by atoms with Gasteiger partial charge in [0.2, 0.25) is 11.8 Å². The fourth-order valence-corrected chi connectivity index (χ4v) is 16.2. The van der Waals surface area contributed by atoms with Crippen molar-refractivity contribution < 1.29 is 38.2 Å². The molecule has 8 aromatic carbocycles. The second-order valence-corrected chi connectivity index (χ2v) is 24.5. The molecule has 1 fully saturated rings. The molecule has 11 nitrogen and oxygen atoms in total. The number of ether oxygens (including phenoxy) is 2. The van der Waals surface area contributed by atoms with Crippen LogP contribution in [0.4, 0.5) is 11.4 Å². The molecule has 0 radical (unpaired) electrons. The Morgan fingerprint density at radius 1 is 0.429 bits per heavy atom. The fraction of sp³-hybridized carbons (Fsp3) is 0.268. The number of amides is 6. The fourth-order valence-electron chi connectivity index (χ4n) is 13.9. The molecule has 0 saturated carbocycles. The number of fused-ring (bicyclic) bond motifs is 2. The quantitative estimate of drug-likeness (QED) is 0.0339.